The molecular formula is C16H21BrN4O. The third-order valence-corrected chi connectivity index (χ3v) is 4.11. The summed E-state index contributed by atoms with van der Waals surface area (Å²) in [4.78, 5) is 12.3. The van der Waals surface area contributed by atoms with Crippen LogP contribution in [-0.2, 0) is 6.42 Å². The monoisotopic (exact) mass is 364 g/mol. The fraction of sp³-hybridized carbons (Fsp3) is 0.375. The smallest absolute Gasteiger partial charge is 0.254 e. The van der Waals surface area contributed by atoms with Crippen LogP contribution in [-0.4, -0.2) is 35.3 Å². The second kappa shape index (κ2) is 7.56. The molecule has 0 bridgehead atoms. The van der Waals surface area contributed by atoms with Gasteiger partial charge in [0.2, 0.25) is 0 Å². The van der Waals surface area contributed by atoms with E-state index in [1.54, 1.807) is 6.20 Å². The van der Waals surface area contributed by atoms with E-state index in [0.29, 0.717) is 12.1 Å². The maximum atomic E-state index is 12.3. The average molecular weight is 365 g/mol. The first-order valence-corrected chi connectivity index (χ1v) is 8.14. The van der Waals surface area contributed by atoms with E-state index in [2.05, 4.69) is 31.7 Å². The highest BCUT2D eigenvalue weighted by molar-refractivity contribution is 9.10. The molecule has 2 aromatic rings. The summed E-state index contributed by atoms with van der Waals surface area (Å²) in [5.41, 5.74) is 2.49. The lowest BCUT2D eigenvalue weighted by Gasteiger charge is -2.12. The number of carbonyl (C=O) groups excluding carboxylic acids is 1. The summed E-state index contributed by atoms with van der Waals surface area (Å²) < 4.78 is 2.84. The number of halogens is 1. The number of benzene rings is 1. The van der Waals surface area contributed by atoms with Crippen LogP contribution in [0.3, 0.4) is 0 Å². The largest absolute Gasteiger partial charge is 0.350 e. The van der Waals surface area contributed by atoms with Gasteiger partial charge >= 0.3 is 0 Å². The topological polar surface area (TPSA) is 59.0 Å². The fourth-order valence-electron chi connectivity index (χ4n) is 2.15. The zero-order valence-corrected chi connectivity index (χ0v) is 14.6. The Morgan fingerprint density at radius 2 is 2.05 bits per heavy atom. The molecule has 6 heteroatoms. The molecule has 2 N–H and O–H groups in total. The van der Waals surface area contributed by atoms with E-state index < -0.39 is 0 Å². The zero-order valence-electron chi connectivity index (χ0n) is 13.1. The maximum absolute atomic E-state index is 12.3. The molecule has 1 amide bonds. The van der Waals surface area contributed by atoms with Gasteiger partial charge in [0, 0.05) is 17.1 Å². The second-order valence-corrected chi connectivity index (χ2v) is 6.06. The molecule has 1 aromatic carbocycles. The molecule has 0 fully saturated rings. The Balaban J connectivity index is 2.23. The summed E-state index contributed by atoms with van der Waals surface area (Å²) in [5, 5.41) is 10.4. The lowest BCUT2D eigenvalue weighted by Crippen LogP contribution is -2.37. The quantitative estimate of drug-likeness (QED) is 0.827. The maximum Gasteiger partial charge on any atom is 0.254 e. The van der Waals surface area contributed by atoms with E-state index >= 15 is 0 Å². The van der Waals surface area contributed by atoms with Crippen LogP contribution >= 0.6 is 15.9 Å². The third-order valence-electron chi connectivity index (χ3n) is 3.58. The number of hydrogen-bond donors (Lipinski definition) is 2. The van der Waals surface area contributed by atoms with Crippen molar-refractivity contribution in [2.45, 2.75) is 26.3 Å². The second-order valence-electron chi connectivity index (χ2n) is 5.15. The minimum Gasteiger partial charge on any atom is -0.350 e. The highest BCUT2D eigenvalue weighted by Gasteiger charge is 2.17. The molecular weight excluding hydrogens is 344 g/mol. The van der Waals surface area contributed by atoms with Crippen LogP contribution in [0, 0.1) is 0 Å². The molecule has 1 unspecified atom stereocenters. The molecule has 0 saturated heterocycles. The minimum absolute atomic E-state index is 0.0812. The minimum atomic E-state index is -0.0812. The Morgan fingerprint density at radius 3 is 2.64 bits per heavy atom. The molecule has 5 nitrogen and oxygen atoms in total. The fourth-order valence-corrected chi connectivity index (χ4v) is 2.42. The van der Waals surface area contributed by atoms with Gasteiger partial charge in [-0.25, -0.2) is 4.68 Å². The number of nitrogens with one attached hydrogen (secondary N) is 2. The average Bonchev–Trinajstić information content (AvgIpc) is 2.96. The summed E-state index contributed by atoms with van der Waals surface area (Å²) in [5.74, 6) is -0.0812. The standard InChI is InChI=1S/C16H21BrN4O/c1-4-15-14(16(22)19-9-11(2)18-3)10-20-21(15)13-7-5-12(17)6-8-13/h5-8,10-11,18H,4,9H2,1-3H3,(H,19,22). The van der Waals surface area contributed by atoms with Crippen molar-refractivity contribution in [2.24, 2.45) is 0 Å². The van der Waals surface area contributed by atoms with Gasteiger partial charge in [0.15, 0.2) is 0 Å². The van der Waals surface area contributed by atoms with Crippen molar-refractivity contribution in [3.05, 3.63) is 46.2 Å². The first kappa shape index (κ1) is 16.7. The first-order valence-electron chi connectivity index (χ1n) is 7.35. The highest BCUT2D eigenvalue weighted by Crippen LogP contribution is 2.18. The Kier molecular flexibility index (Phi) is 5.74. The lowest BCUT2D eigenvalue weighted by molar-refractivity contribution is 0.0949. The number of nitrogens with zero attached hydrogens (tertiary/aromatic N) is 2. The predicted molar refractivity (Wildman–Crippen MR) is 91.5 cm³/mol. The van der Waals surface area contributed by atoms with Crippen molar-refractivity contribution >= 4 is 21.8 Å². The molecule has 1 atom stereocenters. The summed E-state index contributed by atoms with van der Waals surface area (Å²) in [6.45, 7) is 4.63. The van der Waals surface area contributed by atoms with E-state index in [4.69, 9.17) is 0 Å². The van der Waals surface area contributed by atoms with E-state index in [-0.39, 0.29) is 11.9 Å². The van der Waals surface area contributed by atoms with Crippen LogP contribution in [0.25, 0.3) is 5.69 Å². The lowest BCUT2D eigenvalue weighted by atomic mass is 10.2. The Morgan fingerprint density at radius 1 is 1.36 bits per heavy atom. The van der Waals surface area contributed by atoms with E-state index in [9.17, 15) is 4.79 Å². The van der Waals surface area contributed by atoms with Gasteiger partial charge in [-0.1, -0.05) is 22.9 Å². The van der Waals surface area contributed by atoms with Crippen molar-refractivity contribution in [1.29, 1.82) is 0 Å². The van der Waals surface area contributed by atoms with Crippen LogP contribution in [0.1, 0.15) is 29.9 Å². The molecule has 0 spiro atoms. The van der Waals surface area contributed by atoms with Crippen molar-refractivity contribution in [3.63, 3.8) is 0 Å². The number of aromatic nitrogens is 2. The predicted octanol–water partition coefficient (Wildman–Crippen LogP) is 2.53. The van der Waals surface area contributed by atoms with E-state index in [1.807, 2.05) is 49.8 Å². The number of rotatable bonds is 6. The van der Waals surface area contributed by atoms with Crippen LogP contribution in [0.2, 0.25) is 0 Å². The summed E-state index contributed by atoms with van der Waals surface area (Å²) in [6, 6.07) is 8.10. The van der Waals surface area contributed by atoms with Gasteiger partial charge < -0.3 is 10.6 Å². The molecule has 1 aromatic heterocycles. The van der Waals surface area contributed by atoms with Gasteiger partial charge in [-0.3, -0.25) is 4.79 Å². The SMILES string of the molecule is CCc1c(C(=O)NCC(C)NC)cnn1-c1ccc(Br)cc1. The van der Waals surface area contributed by atoms with Gasteiger partial charge in [-0.15, -0.1) is 0 Å². The summed E-state index contributed by atoms with van der Waals surface area (Å²) in [6.07, 6.45) is 2.38. The molecule has 0 aliphatic rings. The van der Waals surface area contributed by atoms with Gasteiger partial charge in [0.25, 0.3) is 5.91 Å². The van der Waals surface area contributed by atoms with Crippen molar-refractivity contribution in [3.8, 4) is 5.69 Å². The molecule has 0 saturated carbocycles. The van der Waals surface area contributed by atoms with Gasteiger partial charge in [-0.2, -0.15) is 5.10 Å². The Hall–Kier alpha value is -1.66. The van der Waals surface area contributed by atoms with Crippen LogP contribution < -0.4 is 10.6 Å². The summed E-state index contributed by atoms with van der Waals surface area (Å²) in [7, 11) is 1.87. The van der Waals surface area contributed by atoms with Crippen molar-refractivity contribution in [1.82, 2.24) is 20.4 Å². The van der Waals surface area contributed by atoms with Crippen LogP contribution in [0.5, 0.6) is 0 Å². The van der Waals surface area contributed by atoms with Gasteiger partial charge in [0.1, 0.15) is 0 Å². The molecule has 2 rings (SSSR count). The molecule has 1 heterocycles. The number of likely N-dealkylation sites (N-methyl/N-ethyl adjacent to an activating group) is 1. The zero-order chi connectivity index (χ0) is 16.1. The van der Waals surface area contributed by atoms with Gasteiger partial charge in [0.05, 0.1) is 23.1 Å². The number of amides is 1. The Bertz CT molecular complexity index is 636. The first-order chi connectivity index (χ1) is 10.6. The summed E-state index contributed by atoms with van der Waals surface area (Å²) >= 11 is 3.42. The molecule has 0 aliphatic carbocycles. The van der Waals surface area contributed by atoms with Crippen LogP contribution in [0.15, 0.2) is 34.9 Å². The number of hydrogen-bond acceptors (Lipinski definition) is 3. The van der Waals surface area contributed by atoms with E-state index in [0.717, 1.165) is 22.3 Å². The van der Waals surface area contributed by atoms with Gasteiger partial charge in [-0.05, 0) is 44.7 Å². The molecule has 0 aliphatic heterocycles. The number of carbonyl (C=O) groups is 1. The molecule has 22 heavy (non-hydrogen) atoms. The Labute approximate surface area is 139 Å². The third kappa shape index (κ3) is 3.75. The molecule has 0 radical (unpaired) electrons. The van der Waals surface area contributed by atoms with Crippen LogP contribution in [0.4, 0.5) is 0 Å². The highest BCUT2D eigenvalue weighted by atomic mass is 79.9. The van der Waals surface area contributed by atoms with E-state index in [1.165, 1.54) is 0 Å². The van der Waals surface area contributed by atoms with Crippen molar-refractivity contribution < 1.29 is 4.79 Å². The normalized spacial score (nSPS) is 12.2. The molecule has 118 valence electrons. The van der Waals surface area contributed by atoms with Crippen molar-refractivity contribution in [2.75, 3.05) is 13.6 Å².